The molecule has 18 heavy (non-hydrogen) atoms. The molecule has 0 aliphatic rings. The minimum atomic E-state index is -0.718. The van der Waals surface area contributed by atoms with Crippen molar-refractivity contribution in [1.82, 2.24) is 4.90 Å². The second kappa shape index (κ2) is 6.66. The molecule has 4 heteroatoms. The fraction of sp³-hybridized carbons (Fsp3) is 0.571. The van der Waals surface area contributed by atoms with E-state index in [0.717, 1.165) is 11.0 Å². The van der Waals surface area contributed by atoms with Crippen LogP contribution in [0, 0.1) is 0 Å². The molecule has 0 radical (unpaired) electrons. The Balaban J connectivity index is 2.97. The van der Waals surface area contributed by atoms with Gasteiger partial charge in [-0.25, -0.2) is 0 Å². The lowest BCUT2D eigenvalue weighted by Crippen LogP contribution is -2.43. The molecule has 0 aliphatic heterocycles. The molecular weight excluding hydrogens is 292 g/mol. The molecule has 0 fully saturated rings. The maximum absolute atomic E-state index is 9.99. The lowest BCUT2D eigenvalue weighted by Gasteiger charge is -2.35. The van der Waals surface area contributed by atoms with Gasteiger partial charge in [0.15, 0.2) is 0 Å². The van der Waals surface area contributed by atoms with Gasteiger partial charge >= 0.3 is 0 Å². The van der Waals surface area contributed by atoms with Crippen molar-refractivity contribution in [3.05, 3.63) is 34.3 Å². The van der Waals surface area contributed by atoms with Gasteiger partial charge < -0.3 is 10.8 Å². The molecule has 0 aliphatic carbocycles. The van der Waals surface area contributed by atoms with Crippen molar-refractivity contribution in [2.75, 3.05) is 19.6 Å². The lowest BCUT2D eigenvalue weighted by molar-refractivity contribution is 0.0234. The third kappa shape index (κ3) is 4.35. The Bertz CT molecular complexity index is 376. The van der Waals surface area contributed by atoms with Gasteiger partial charge in [-0.05, 0) is 32.0 Å². The fourth-order valence-electron chi connectivity index (χ4n) is 2.16. The Morgan fingerprint density at radius 2 is 2.00 bits per heavy atom. The van der Waals surface area contributed by atoms with Crippen LogP contribution in [0.2, 0.25) is 0 Å². The van der Waals surface area contributed by atoms with E-state index in [0.29, 0.717) is 13.1 Å². The average Bonchev–Trinajstić information content (AvgIpc) is 2.29. The van der Waals surface area contributed by atoms with Gasteiger partial charge in [-0.3, -0.25) is 4.90 Å². The lowest BCUT2D eigenvalue weighted by atomic mass is 10.0. The second-order valence-corrected chi connectivity index (χ2v) is 6.00. The number of nitrogens with zero attached hydrogens (tertiary/aromatic N) is 1. The standard InChI is InChI=1S/C14H23BrN2O/c1-4-17(10-14(2,3)18)13(9-16)11-7-5-6-8-12(11)15/h5-8,13,18H,4,9-10,16H2,1-3H3. The van der Waals surface area contributed by atoms with E-state index in [-0.39, 0.29) is 6.04 Å². The number of rotatable bonds is 6. The molecule has 0 saturated carbocycles. The highest BCUT2D eigenvalue weighted by Crippen LogP contribution is 2.28. The monoisotopic (exact) mass is 314 g/mol. The Labute approximate surface area is 118 Å². The molecule has 0 spiro atoms. The number of aliphatic hydroxyl groups is 1. The first kappa shape index (κ1) is 15.6. The molecule has 1 rings (SSSR count). The summed E-state index contributed by atoms with van der Waals surface area (Å²) in [5, 5.41) is 9.99. The third-order valence-electron chi connectivity index (χ3n) is 2.92. The van der Waals surface area contributed by atoms with Gasteiger partial charge in [-0.2, -0.15) is 0 Å². The fourth-order valence-corrected chi connectivity index (χ4v) is 2.71. The minimum absolute atomic E-state index is 0.122. The maximum Gasteiger partial charge on any atom is 0.0718 e. The summed E-state index contributed by atoms with van der Waals surface area (Å²) in [6.45, 7) is 7.73. The highest BCUT2D eigenvalue weighted by Gasteiger charge is 2.25. The van der Waals surface area contributed by atoms with Crippen molar-refractivity contribution in [3.8, 4) is 0 Å². The van der Waals surface area contributed by atoms with Crippen molar-refractivity contribution in [2.24, 2.45) is 5.73 Å². The highest BCUT2D eigenvalue weighted by atomic mass is 79.9. The number of nitrogens with two attached hydrogens (primary N) is 1. The summed E-state index contributed by atoms with van der Waals surface area (Å²) < 4.78 is 1.06. The maximum atomic E-state index is 9.99. The van der Waals surface area contributed by atoms with Crippen LogP contribution in [-0.2, 0) is 0 Å². The summed E-state index contributed by atoms with van der Waals surface area (Å²) in [5.41, 5.74) is 6.38. The predicted molar refractivity (Wildman–Crippen MR) is 79.5 cm³/mol. The Morgan fingerprint density at radius 1 is 1.39 bits per heavy atom. The van der Waals surface area contributed by atoms with Crippen LogP contribution in [0.25, 0.3) is 0 Å². The zero-order chi connectivity index (χ0) is 13.8. The van der Waals surface area contributed by atoms with E-state index < -0.39 is 5.60 Å². The van der Waals surface area contributed by atoms with Crippen LogP contribution < -0.4 is 5.73 Å². The molecule has 3 N–H and O–H groups in total. The Morgan fingerprint density at radius 3 is 2.44 bits per heavy atom. The molecule has 1 aromatic carbocycles. The normalized spacial score (nSPS) is 13.9. The summed E-state index contributed by atoms with van der Waals surface area (Å²) in [7, 11) is 0. The van der Waals surface area contributed by atoms with E-state index in [4.69, 9.17) is 5.73 Å². The number of hydrogen-bond donors (Lipinski definition) is 2. The van der Waals surface area contributed by atoms with Crippen LogP contribution in [0.5, 0.6) is 0 Å². The largest absolute Gasteiger partial charge is 0.389 e. The first-order valence-corrected chi connectivity index (χ1v) is 7.09. The molecule has 1 atom stereocenters. The van der Waals surface area contributed by atoms with Gasteiger partial charge in [0.25, 0.3) is 0 Å². The SMILES string of the molecule is CCN(CC(C)(C)O)C(CN)c1ccccc1Br. The van der Waals surface area contributed by atoms with Gasteiger partial charge in [0.2, 0.25) is 0 Å². The second-order valence-electron chi connectivity index (χ2n) is 5.15. The quantitative estimate of drug-likeness (QED) is 0.848. The molecular formula is C14H23BrN2O. The zero-order valence-corrected chi connectivity index (χ0v) is 12.9. The van der Waals surface area contributed by atoms with Gasteiger partial charge in [0.1, 0.15) is 0 Å². The zero-order valence-electron chi connectivity index (χ0n) is 11.4. The molecule has 102 valence electrons. The summed E-state index contributed by atoms with van der Waals surface area (Å²) >= 11 is 3.57. The van der Waals surface area contributed by atoms with Crippen LogP contribution in [0.3, 0.4) is 0 Å². The molecule has 1 aromatic rings. The number of benzene rings is 1. The van der Waals surface area contributed by atoms with E-state index in [2.05, 4.69) is 33.8 Å². The molecule has 0 bridgehead atoms. The molecule has 0 aromatic heterocycles. The number of hydrogen-bond acceptors (Lipinski definition) is 3. The highest BCUT2D eigenvalue weighted by molar-refractivity contribution is 9.10. The van der Waals surface area contributed by atoms with Crippen molar-refractivity contribution in [3.63, 3.8) is 0 Å². The Hall–Kier alpha value is -0.420. The van der Waals surface area contributed by atoms with E-state index in [1.54, 1.807) is 0 Å². The van der Waals surface area contributed by atoms with E-state index in [1.165, 1.54) is 5.56 Å². The minimum Gasteiger partial charge on any atom is -0.389 e. The summed E-state index contributed by atoms with van der Waals surface area (Å²) in [6, 6.07) is 8.23. The first-order chi connectivity index (χ1) is 8.39. The van der Waals surface area contributed by atoms with Crippen LogP contribution in [0.4, 0.5) is 0 Å². The molecule has 0 amide bonds. The Kier molecular flexibility index (Phi) is 5.79. The molecule has 0 heterocycles. The van der Waals surface area contributed by atoms with E-state index in [1.807, 2.05) is 32.0 Å². The molecule has 3 nitrogen and oxygen atoms in total. The average molecular weight is 315 g/mol. The summed E-state index contributed by atoms with van der Waals surface area (Å²) in [6.07, 6.45) is 0. The number of likely N-dealkylation sites (N-methyl/N-ethyl adjacent to an activating group) is 1. The molecule has 1 unspecified atom stereocenters. The first-order valence-electron chi connectivity index (χ1n) is 6.30. The van der Waals surface area contributed by atoms with Gasteiger partial charge in [0.05, 0.1) is 5.60 Å². The topological polar surface area (TPSA) is 49.5 Å². The third-order valence-corrected chi connectivity index (χ3v) is 3.65. The van der Waals surface area contributed by atoms with Gasteiger partial charge in [-0.15, -0.1) is 0 Å². The van der Waals surface area contributed by atoms with Crippen LogP contribution >= 0.6 is 15.9 Å². The van der Waals surface area contributed by atoms with E-state index >= 15 is 0 Å². The van der Waals surface area contributed by atoms with Gasteiger partial charge in [-0.1, -0.05) is 41.1 Å². The van der Waals surface area contributed by atoms with Crippen molar-refractivity contribution in [1.29, 1.82) is 0 Å². The van der Waals surface area contributed by atoms with Crippen LogP contribution in [0.1, 0.15) is 32.4 Å². The molecule has 0 saturated heterocycles. The predicted octanol–water partition coefficient (Wildman–Crippen LogP) is 2.54. The smallest absolute Gasteiger partial charge is 0.0718 e. The summed E-state index contributed by atoms with van der Waals surface area (Å²) in [4.78, 5) is 2.21. The van der Waals surface area contributed by atoms with Crippen molar-refractivity contribution >= 4 is 15.9 Å². The number of halogens is 1. The van der Waals surface area contributed by atoms with Gasteiger partial charge in [0, 0.05) is 23.6 Å². The van der Waals surface area contributed by atoms with Crippen LogP contribution in [0.15, 0.2) is 28.7 Å². The van der Waals surface area contributed by atoms with E-state index in [9.17, 15) is 5.11 Å². The van der Waals surface area contributed by atoms with Crippen molar-refractivity contribution in [2.45, 2.75) is 32.4 Å². The van der Waals surface area contributed by atoms with Crippen molar-refractivity contribution < 1.29 is 5.11 Å². The summed E-state index contributed by atoms with van der Waals surface area (Å²) in [5.74, 6) is 0. The van der Waals surface area contributed by atoms with Crippen LogP contribution in [-0.4, -0.2) is 35.2 Å².